The maximum atomic E-state index is 12.1. The lowest BCUT2D eigenvalue weighted by molar-refractivity contribution is -0.195. The van der Waals surface area contributed by atoms with Crippen molar-refractivity contribution in [2.75, 3.05) is 7.11 Å². The molecule has 3 unspecified atom stereocenters. The minimum absolute atomic E-state index is 0.0918. The van der Waals surface area contributed by atoms with Gasteiger partial charge in [0.15, 0.2) is 0 Å². The molecule has 130 valence electrons. The van der Waals surface area contributed by atoms with E-state index in [9.17, 15) is 9.59 Å². The summed E-state index contributed by atoms with van der Waals surface area (Å²) in [7, 11) is 1.39. The van der Waals surface area contributed by atoms with Gasteiger partial charge in [-0.3, -0.25) is 9.59 Å². The largest absolute Gasteiger partial charge is 0.469 e. The first-order valence-electron chi connectivity index (χ1n) is 8.53. The number of ether oxygens (including phenoxy) is 2. The van der Waals surface area contributed by atoms with Crippen LogP contribution in [0.5, 0.6) is 0 Å². The van der Waals surface area contributed by atoms with Gasteiger partial charge in [0.2, 0.25) is 0 Å². The molecule has 0 N–H and O–H groups in total. The lowest BCUT2D eigenvalue weighted by atomic mass is 9.46. The molecule has 0 aromatic heterocycles. The van der Waals surface area contributed by atoms with Crippen molar-refractivity contribution in [1.29, 1.82) is 0 Å². The topological polar surface area (TPSA) is 52.6 Å². The Morgan fingerprint density at radius 1 is 1.26 bits per heavy atom. The highest BCUT2D eigenvalue weighted by Crippen LogP contribution is 2.63. The molecule has 23 heavy (non-hydrogen) atoms. The van der Waals surface area contributed by atoms with Gasteiger partial charge in [0, 0.05) is 12.3 Å². The number of methoxy groups -OCH3 is 1. The second-order valence-electron chi connectivity index (χ2n) is 8.11. The van der Waals surface area contributed by atoms with Crippen LogP contribution in [0.2, 0.25) is 0 Å². The minimum Gasteiger partial charge on any atom is -0.469 e. The molecule has 3 atom stereocenters. The molecule has 1 fully saturated rings. The molecule has 2 rings (SSSR count). The van der Waals surface area contributed by atoms with E-state index in [4.69, 9.17) is 9.47 Å². The Morgan fingerprint density at radius 2 is 1.91 bits per heavy atom. The Hall–Kier alpha value is -1.32. The van der Waals surface area contributed by atoms with Crippen LogP contribution < -0.4 is 0 Å². The molecule has 0 bridgehead atoms. The van der Waals surface area contributed by atoms with Crippen molar-refractivity contribution < 1.29 is 19.1 Å². The predicted molar refractivity (Wildman–Crippen MR) is 88.7 cm³/mol. The minimum atomic E-state index is -0.896. The number of hydrogen-bond acceptors (Lipinski definition) is 4. The average Bonchev–Trinajstić information content (AvgIpc) is 2.42. The zero-order chi connectivity index (χ0) is 17.5. The van der Waals surface area contributed by atoms with Gasteiger partial charge in [-0.2, -0.15) is 0 Å². The second-order valence-corrected chi connectivity index (χ2v) is 8.11. The third-order valence-corrected chi connectivity index (χ3v) is 6.39. The highest BCUT2D eigenvalue weighted by molar-refractivity contribution is 5.74. The number of allylic oxidation sites excluding steroid dienone is 1. The van der Waals surface area contributed by atoms with Gasteiger partial charge in [-0.25, -0.2) is 0 Å². The van der Waals surface area contributed by atoms with E-state index in [-0.39, 0.29) is 29.2 Å². The molecule has 2 aliphatic carbocycles. The van der Waals surface area contributed by atoms with Crippen molar-refractivity contribution in [1.82, 2.24) is 0 Å². The van der Waals surface area contributed by atoms with Crippen LogP contribution >= 0.6 is 0 Å². The van der Waals surface area contributed by atoms with Crippen LogP contribution in [0, 0.1) is 16.7 Å². The van der Waals surface area contributed by atoms with Crippen molar-refractivity contribution in [3.63, 3.8) is 0 Å². The van der Waals surface area contributed by atoms with Crippen LogP contribution in [0.3, 0.4) is 0 Å². The summed E-state index contributed by atoms with van der Waals surface area (Å²) in [6.07, 6.45) is 6.42. The Labute approximate surface area is 139 Å². The standard InChI is InChI=1S/C19H30O4/c1-13-8-9-15-17(3,4)10-7-11-18(15,5)19(13,23-14(2)20)12-16(21)22-6/h8,15H,7,9-12H2,1-6H3. The summed E-state index contributed by atoms with van der Waals surface area (Å²) in [6, 6.07) is 0. The van der Waals surface area contributed by atoms with Crippen LogP contribution in [0.1, 0.15) is 66.7 Å². The van der Waals surface area contributed by atoms with Gasteiger partial charge >= 0.3 is 11.9 Å². The summed E-state index contributed by atoms with van der Waals surface area (Å²) in [4.78, 5) is 24.1. The number of rotatable bonds is 3. The van der Waals surface area contributed by atoms with E-state index >= 15 is 0 Å². The van der Waals surface area contributed by atoms with Gasteiger partial charge in [0.05, 0.1) is 13.5 Å². The first-order valence-corrected chi connectivity index (χ1v) is 8.53. The summed E-state index contributed by atoms with van der Waals surface area (Å²) in [5, 5.41) is 0. The first-order chi connectivity index (χ1) is 10.6. The van der Waals surface area contributed by atoms with E-state index in [1.165, 1.54) is 14.0 Å². The van der Waals surface area contributed by atoms with Crippen molar-refractivity contribution in [3.8, 4) is 0 Å². The third kappa shape index (κ3) is 2.81. The molecule has 0 amide bonds. The number of esters is 2. The smallest absolute Gasteiger partial charge is 0.309 e. The Balaban J connectivity index is 2.60. The quantitative estimate of drug-likeness (QED) is 0.581. The Kier molecular flexibility index (Phi) is 4.67. The zero-order valence-electron chi connectivity index (χ0n) is 15.3. The van der Waals surface area contributed by atoms with E-state index in [1.54, 1.807) is 0 Å². The summed E-state index contributed by atoms with van der Waals surface area (Å²) in [5.41, 5.74) is -0.0133. The number of hydrogen-bond donors (Lipinski definition) is 0. The first kappa shape index (κ1) is 18.0. The normalized spacial score (nSPS) is 35.7. The summed E-state index contributed by atoms with van der Waals surface area (Å²) < 4.78 is 10.8. The monoisotopic (exact) mass is 322 g/mol. The van der Waals surface area contributed by atoms with Crippen LogP contribution in [-0.2, 0) is 19.1 Å². The SMILES string of the molecule is COC(=O)CC1(OC(C)=O)C(C)=CCC2C(C)(C)CCCC21C. The molecule has 1 saturated carbocycles. The summed E-state index contributed by atoms with van der Waals surface area (Å²) in [5.74, 6) is -0.299. The fourth-order valence-electron chi connectivity index (χ4n) is 5.19. The van der Waals surface area contributed by atoms with Gasteiger partial charge in [-0.1, -0.05) is 33.3 Å². The van der Waals surface area contributed by atoms with Crippen LogP contribution in [0.25, 0.3) is 0 Å². The molecule has 0 aliphatic heterocycles. The van der Waals surface area contributed by atoms with Crippen LogP contribution in [0.4, 0.5) is 0 Å². The number of fused-ring (bicyclic) bond motifs is 1. The van der Waals surface area contributed by atoms with Gasteiger partial charge in [0.25, 0.3) is 0 Å². The summed E-state index contributed by atoms with van der Waals surface area (Å²) in [6.45, 7) is 10.2. The van der Waals surface area contributed by atoms with Crippen LogP contribution in [0.15, 0.2) is 11.6 Å². The molecule has 0 aromatic rings. The van der Waals surface area contributed by atoms with E-state index in [2.05, 4.69) is 26.8 Å². The van der Waals surface area contributed by atoms with Gasteiger partial charge in [-0.15, -0.1) is 0 Å². The lowest BCUT2D eigenvalue weighted by Crippen LogP contribution is -2.61. The molecule has 0 heterocycles. The van der Waals surface area contributed by atoms with Crippen molar-refractivity contribution >= 4 is 11.9 Å². The van der Waals surface area contributed by atoms with Crippen molar-refractivity contribution in [2.45, 2.75) is 72.3 Å². The maximum Gasteiger partial charge on any atom is 0.309 e. The fourth-order valence-corrected chi connectivity index (χ4v) is 5.19. The third-order valence-electron chi connectivity index (χ3n) is 6.39. The zero-order valence-corrected chi connectivity index (χ0v) is 15.3. The van der Waals surface area contributed by atoms with E-state index in [0.29, 0.717) is 5.92 Å². The van der Waals surface area contributed by atoms with Crippen LogP contribution in [-0.4, -0.2) is 24.6 Å². The molecule has 4 nitrogen and oxygen atoms in total. The fraction of sp³-hybridized carbons (Fsp3) is 0.789. The molecule has 2 aliphatic rings. The van der Waals surface area contributed by atoms with E-state index < -0.39 is 5.60 Å². The predicted octanol–water partition coefficient (Wildman–Crippen LogP) is 4.03. The maximum absolute atomic E-state index is 12.1. The summed E-state index contributed by atoms with van der Waals surface area (Å²) >= 11 is 0. The molecular weight excluding hydrogens is 292 g/mol. The van der Waals surface area contributed by atoms with E-state index in [0.717, 1.165) is 31.3 Å². The molecule has 4 heteroatoms. The second kappa shape index (κ2) is 5.95. The highest BCUT2D eigenvalue weighted by Gasteiger charge is 2.62. The molecular formula is C19H30O4. The number of carbonyl (C=O) groups is 2. The van der Waals surface area contributed by atoms with Crippen molar-refractivity contribution in [3.05, 3.63) is 11.6 Å². The molecule has 0 spiro atoms. The highest BCUT2D eigenvalue weighted by atomic mass is 16.6. The Bertz CT molecular complexity index is 533. The van der Waals surface area contributed by atoms with Gasteiger partial charge < -0.3 is 9.47 Å². The lowest BCUT2D eigenvalue weighted by Gasteiger charge is -2.61. The van der Waals surface area contributed by atoms with Gasteiger partial charge in [-0.05, 0) is 43.1 Å². The molecule has 0 aromatic carbocycles. The van der Waals surface area contributed by atoms with E-state index in [1.807, 2.05) is 6.92 Å². The molecule has 0 radical (unpaired) electrons. The average molecular weight is 322 g/mol. The Morgan fingerprint density at radius 3 is 2.48 bits per heavy atom. The van der Waals surface area contributed by atoms with Gasteiger partial charge in [0.1, 0.15) is 5.60 Å². The number of carbonyl (C=O) groups excluding carboxylic acids is 2. The molecule has 0 saturated heterocycles. The van der Waals surface area contributed by atoms with Crippen molar-refractivity contribution in [2.24, 2.45) is 16.7 Å².